The van der Waals surface area contributed by atoms with E-state index in [4.69, 9.17) is 0 Å². The molecule has 0 amide bonds. The Morgan fingerprint density at radius 3 is 2.67 bits per heavy atom. The Morgan fingerprint density at radius 1 is 1.29 bits per heavy atom. The smallest absolute Gasteiger partial charge is 0.260 e. The van der Waals surface area contributed by atoms with Crippen LogP contribution in [0.5, 0.6) is 0 Å². The van der Waals surface area contributed by atoms with Crippen molar-refractivity contribution in [1.29, 1.82) is 0 Å². The molecule has 7 nitrogen and oxygen atoms in total. The number of nitrogens with zero attached hydrogens (tertiary/aromatic N) is 2. The average molecular weight is 309 g/mol. The van der Waals surface area contributed by atoms with E-state index < -0.39 is 10.0 Å². The van der Waals surface area contributed by atoms with E-state index in [9.17, 15) is 8.42 Å². The van der Waals surface area contributed by atoms with Crippen molar-refractivity contribution in [2.75, 3.05) is 13.6 Å². The predicted octanol–water partition coefficient (Wildman–Crippen LogP) is 0.354. The molecule has 3 N–H and O–H groups in total. The third-order valence-electron chi connectivity index (χ3n) is 3.10. The molecular weight excluding hydrogens is 290 g/mol. The molecule has 2 rings (SSSR count). The third-order valence-corrected chi connectivity index (χ3v) is 4.53. The maximum atomic E-state index is 12.3. The molecule has 0 atom stereocenters. The van der Waals surface area contributed by atoms with Gasteiger partial charge in [0, 0.05) is 36.7 Å². The lowest BCUT2D eigenvalue weighted by molar-refractivity contribution is 0.575. The second-order valence-corrected chi connectivity index (χ2v) is 6.35. The summed E-state index contributed by atoms with van der Waals surface area (Å²) in [7, 11) is -1.85. The van der Waals surface area contributed by atoms with Crippen LogP contribution in [0.4, 0.5) is 0 Å². The van der Waals surface area contributed by atoms with E-state index in [2.05, 4.69) is 25.2 Å². The molecule has 114 valence electrons. The van der Waals surface area contributed by atoms with Gasteiger partial charge in [-0.05, 0) is 38.1 Å². The van der Waals surface area contributed by atoms with E-state index in [-0.39, 0.29) is 5.03 Å². The van der Waals surface area contributed by atoms with E-state index in [1.165, 1.54) is 0 Å². The van der Waals surface area contributed by atoms with Gasteiger partial charge in [0.2, 0.25) is 0 Å². The van der Waals surface area contributed by atoms with Crippen LogP contribution in [0.3, 0.4) is 0 Å². The highest BCUT2D eigenvalue weighted by molar-refractivity contribution is 7.89. The molecule has 0 unspecified atom stereocenters. The summed E-state index contributed by atoms with van der Waals surface area (Å²) in [4.78, 5) is 3.92. The molecule has 0 fully saturated rings. The van der Waals surface area contributed by atoms with Gasteiger partial charge in [0.15, 0.2) is 5.03 Å². The van der Waals surface area contributed by atoms with Crippen LogP contribution in [0.2, 0.25) is 0 Å². The molecule has 0 aliphatic rings. The van der Waals surface area contributed by atoms with Gasteiger partial charge in [-0.1, -0.05) is 0 Å². The number of pyridine rings is 1. The second kappa shape index (κ2) is 6.79. The number of nitrogens with one attached hydrogen (secondary N) is 3. The highest BCUT2D eigenvalue weighted by Crippen LogP contribution is 2.15. The molecule has 0 bridgehead atoms. The quantitative estimate of drug-likeness (QED) is 0.685. The lowest BCUT2D eigenvalue weighted by Crippen LogP contribution is -2.27. The van der Waals surface area contributed by atoms with Crippen LogP contribution in [-0.4, -0.2) is 37.2 Å². The first-order valence-electron chi connectivity index (χ1n) is 6.61. The molecular formula is C13H19N5O2S. The molecule has 0 radical (unpaired) electrons. The number of H-pyrrole nitrogens is 1. The van der Waals surface area contributed by atoms with Gasteiger partial charge in [-0.15, -0.1) is 0 Å². The SMILES string of the molecule is CNCc1c(S(=O)(=O)NCCc2ccncc2)n[nH]c1C. The first-order valence-corrected chi connectivity index (χ1v) is 8.10. The summed E-state index contributed by atoms with van der Waals surface area (Å²) in [5.74, 6) is 0. The molecule has 0 spiro atoms. The van der Waals surface area contributed by atoms with Gasteiger partial charge in [0.05, 0.1) is 0 Å². The largest absolute Gasteiger partial charge is 0.316 e. The number of hydrogen-bond donors (Lipinski definition) is 3. The molecule has 2 aromatic rings. The molecule has 0 saturated heterocycles. The summed E-state index contributed by atoms with van der Waals surface area (Å²) in [6, 6.07) is 3.72. The molecule has 8 heteroatoms. The Kier molecular flexibility index (Phi) is 5.05. The lowest BCUT2D eigenvalue weighted by Gasteiger charge is -2.07. The number of sulfonamides is 1. The zero-order valence-corrected chi connectivity index (χ0v) is 12.9. The van der Waals surface area contributed by atoms with E-state index in [0.717, 1.165) is 11.3 Å². The zero-order chi connectivity index (χ0) is 15.3. The monoisotopic (exact) mass is 309 g/mol. The average Bonchev–Trinajstić information content (AvgIpc) is 2.83. The van der Waals surface area contributed by atoms with Gasteiger partial charge < -0.3 is 5.32 Å². The summed E-state index contributed by atoms with van der Waals surface area (Å²) in [5, 5.41) is 9.63. The standard InChI is InChI=1S/C13H19N5O2S/c1-10-12(9-14-2)13(18-17-10)21(19,20)16-8-5-11-3-6-15-7-4-11/h3-4,6-7,14,16H,5,8-9H2,1-2H3,(H,17,18). The molecule has 0 aromatic carbocycles. The highest BCUT2D eigenvalue weighted by atomic mass is 32.2. The molecule has 2 heterocycles. The van der Waals surface area contributed by atoms with Crippen LogP contribution >= 0.6 is 0 Å². The van der Waals surface area contributed by atoms with Crippen molar-refractivity contribution in [3.05, 3.63) is 41.3 Å². The van der Waals surface area contributed by atoms with Crippen molar-refractivity contribution in [2.24, 2.45) is 0 Å². The van der Waals surface area contributed by atoms with Crippen LogP contribution in [0.1, 0.15) is 16.8 Å². The van der Waals surface area contributed by atoms with E-state index in [0.29, 0.717) is 25.1 Å². The normalized spacial score (nSPS) is 11.7. The van der Waals surface area contributed by atoms with Crippen LogP contribution in [-0.2, 0) is 23.0 Å². The van der Waals surface area contributed by atoms with E-state index >= 15 is 0 Å². The van der Waals surface area contributed by atoms with Gasteiger partial charge in [-0.2, -0.15) is 5.10 Å². The molecule has 0 aliphatic carbocycles. The van der Waals surface area contributed by atoms with Crippen LogP contribution in [0.15, 0.2) is 29.6 Å². The lowest BCUT2D eigenvalue weighted by atomic mass is 10.2. The summed E-state index contributed by atoms with van der Waals surface area (Å²) in [5.41, 5.74) is 2.44. The number of rotatable bonds is 7. The minimum absolute atomic E-state index is 0.0593. The summed E-state index contributed by atoms with van der Waals surface area (Å²) in [6.07, 6.45) is 3.98. The predicted molar refractivity (Wildman–Crippen MR) is 79.2 cm³/mol. The fourth-order valence-electron chi connectivity index (χ4n) is 1.98. The summed E-state index contributed by atoms with van der Waals surface area (Å²) < 4.78 is 27.2. The fraction of sp³-hybridized carbons (Fsp3) is 0.385. The Balaban J connectivity index is 2.05. The first kappa shape index (κ1) is 15.6. The summed E-state index contributed by atoms with van der Waals surface area (Å²) in [6.45, 7) is 2.57. The number of hydrogen-bond acceptors (Lipinski definition) is 5. The maximum Gasteiger partial charge on any atom is 0.260 e. The number of aryl methyl sites for hydroxylation is 1. The molecule has 2 aromatic heterocycles. The van der Waals surface area contributed by atoms with Crippen molar-refractivity contribution < 1.29 is 8.42 Å². The van der Waals surface area contributed by atoms with E-state index in [1.54, 1.807) is 26.4 Å². The van der Waals surface area contributed by atoms with Gasteiger partial charge in [0.1, 0.15) is 0 Å². The van der Waals surface area contributed by atoms with Gasteiger partial charge in [-0.25, -0.2) is 13.1 Å². The Hall–Kier alpha value is -1.77. The summed E-state index contributed by atoms with van der Waals surface area (Å²) >= 11 is 0. The molecule has 21 heavy (non-hydrogen) atoms. The van der Waals surface area contributed by atoms with Gasteiger partial charge in [0.25, 0.3) is 10.0 Å². The van der Waals surface area contributed by atoms with Gasteiger partial charge in [-0.3, -0.25) is 10.1 Å². The number of aromatic nitrogens is 3. The van der Waals surface area contributed by atoms with Crippen LogP contribution in [0, 0.1) is 6.92 Å². The minimum Gasteiger partial charge on any atom is -0.316 e. The molecule has 0 saturated carbocycles. The topological polar surface area (TPSA) is 99.8 Å². The van der Waals surface area contributed by atoms with Crippen molar-refractivity contribution in [1.82, 2.24) is 25.2 Å². The van der Waals surface area contributed by atoms with Crippen molar-refractivity contribution in [3.63, 3.8) is 0 Å². The van der Waals surface area contributed by atoms with Crippen LogP contribution in [0.25, 0.3) is 0 Å². The third kappa shape index (κ3) is 3.87. The first-order chi connectivity index (χ1) is 10.0. The highest BCUT2D eigenvalue weighted by Gasteiger charge is 2.22. The van der Waals surface area contributed by atoms with Gasteiger partial charge >= 0.3 is 0 Å². The van der Waals surface area contributed by atoms with Crippen molar-refractivity contribution in [3.8, 4) is 0 Å². The Labute approximate surface area is 124 Å². The minimum atomic E-state index is -3.61. The fourth-order valence-corrected chi connectivity index (χ4v) is 3.21. The van der Waals surface area contributed by atoms with E-state index in [1.807, 2.05) is 12.1 Å². The Morgan fingerprint density at radius 2 is 2.00 bits per heavy atom. The Bertz CT molecular complexity index is 682. The van der Waals surface area contributed by atoms with Crippen molar-refractivity contribution >= 4 is 10.0 Å². The van der Waals surface area contributed by atoms with Crippen LogP contribution < -0.4 is 10.0 Å². The second-order valence-electron chi connectivity index (χ2n) is 4.67. The molecule has 0 aliphatic heterocycles. The maximum absolute atomic E-state index is 12.3. The zero-order valence-electron chi connectivity index (χ0n) is 12.0. The number of aromatic amines is 1. The van der Waals surface area contributed by atoms with Crippen molar-refractivity contribution in [2.45, 2.75) is 24.9 Å².